The fourth-order valence-electron chi connectivity index (χ4n) is 1.60. The molecular formula is C9H18N2O3. The average Bonchev–Trinajstić information content (AvgIpc) is 2.13. The Balaban J connectivity index is 2.38. The Kier molecular flexibility index (Phi) is 4.31. The molecule has 1 saturated heterocycles. The van der Waals surface area contributed by atoms with Crippen molar-refractivity contribution < 1.29 is 14.6 Å². The number of ether oxygens (including phenoxy) is 1. The van der Waals surface area contributed by atoms with Gasteiger partial charge in [-0.15, -0.1) is 0 Å². The van der Waals surface area contributed by atoms with Crippen LogP contribution in [-0.2, 0) is 9.53 Å². The maximum atomic E-state index is 11.3. The molecule has 2 atom stereocenters. The summed E-state index contributed by atoms with van der Waals surface area (Å²) in [7, 11) is 1.55. The van der Waals surface area contributed by atoms with Gasteiger partial charge >= 0.3 is 0 Å². The first-order valence-corrected chi connectivity index (χ1v) is 4.84. The highest BCUT2D eigenvalue weighted by Gasteiger charge is 2.26. The predicted molar refractivity (Wildman–Crippen MR) is 51.9 cm³/mol. The summed E-state index contributed by atoms with van der Waals surface area (Å²) >= 11 is 0. The molecule has 1 fully saturated rings. The predicted octanol–water partition coefficient (Wildman–Crippen LogP) is -1.19. The highest BCUT2D eigenvalue weighted by molar-refractivity contribution is 5.81. The van der Waals surface area contributed by atoms with Crippen molar-refractivity contribution in [1.29, 1.82) is 0 Å². The molecule has 1 aliphatic heterocycles. The molecule has 0 saturated carbocycles. The summed E-state index contributed by atoms with van der Waals surface area (Å²) in [6, 6.07) is -0.157. The van der Waals surface area contributed by atoms with Crippen LogP contribution in [0, 0.1) is 0 Å². The van der Waals surface area contributed by atoms with E-state index < -0.39 is 6.10 Å². The molecule has 0 bridgehead atoms. The standard InChI is InChI=1S/C9H18N2O3/c1-7-9(13)10-3-4-11(7)5-8(12)6-14-2/h7-8,12H,3-6H2,1-2H3,(H,10,13)/t7?,8-/m1/s1. The number of hydrogen-bond acceptors (Lipinski definition) is 4. The van der Waals surface area contributed by atoms with Crippen LogP contribution in [-0.4, -0.2) is 61.4 Å². The summed E-state index contributed by atoms with van der Waals surface area (Å²) in [5, 5.41) is 12.3. The molecular weight excluding hydrogens is 184 g/mol. The summed E-state index contributed by atoms with van der Waals surface area (Å²) in [6.07, 6.45) is -0.520. The van der Waals surface area contributed by atoms with Crippen molar-refractivity contribution in [3.8, 4) is 0 Å². The maximum Gasteiger partial charge on any atom is 0.237 e. The second-order valence-electron chi connectivity index (χ2n) is 3.57. The van der Waals surface area contributed by atoms with Gasteiger partial charge in [0.05, 0.1) is 18.8 Å². The fraction of sp³-hybridized carbons (Fsp3) is 0.889. The molecule has 2 N–H and O–H groups in total. The number of amides is 1. The molecule has 82 valence electrons. The molecule has 1 amide bonds. The van der Waals surface area contributed by atoms with E-state index >= 15 is 0 Å². The number of β-amino-alcohol motifs (C(OH)–C–C–N with tert-alkyl or cyclic N) is 1. The number of methoxy groups -OCH3 is 1. The van der Waals surface area contributed by atoms with Gasteiger partial charge in [0.2, 0.25) is 5.91 Å². The minimum Gasteiger partial charge on any atom is -0.389 e. The number of nitrogens with zero attached hydrogens (tertiary/aromatic N) is 1. The number of nitrogens with one attached hydrogen (secondary N) is 1. The third kappa shape index (κ3) is 2.94. The maximum absolute atomic E-state index is 11.3. The van der Waals surface area contributed by atoms with Crippen LogP contribution in [0.5, 0.6) is 0 Å². The highest BCUT2D eigenvalue weighted by atomic mass is 16.5. The third-order valence-electron chi connectivity index (χ3n) is 2.43. The molecule has 5 heteroatoms. The van der Waals surface area contributed by atoms with Crippen molar-refractivity contribution >= 4 is 5.91 Å². The van der Waals surface area contributed by atoms with E-state index in [0.29, 0.717) is 19.7 Å². The molecule has 1 unspecified atom stereocenters. The van der Waals surface area contributed by atoms with Gasteiger partial charge in [-0.1, -0.05) is 0 Å². The topological polar surface area (TPSA) is 61.8 Å². The normalized spacial score (nSPS) is 25.9. The van der Waals surface area contributed by atoms with E-state index in [1.165, 1.54) is 0 Å². The molecule has 14 heavy (non-hydrogen) atoms. The van der Waals surface area contributed by atoms with Crippen molar-refractivity contribution in [2.75, 3.05) is 33.4 Å². The lowest BCUT2D eigenvalue weighted by atomic mass is 10.2. The molecule has 1 aliphatic rings. The van der Waals surface area contributed by atoms with Crippen molar-refractivity contribution in [2.24, 2.45) is 0 Å². The first-order chi connectivity index (χ1) is 6.65. The van der Waals surface area contributed by atoms with Gasteiger partial charge in [-0.05, 0) is 6.92 Å². The molecule has 1 rings (SSSR count). The molecule has 0 spiro atoms. The molecule has 0 aromatic rings. The number of aliphatic hydroxyl groups excluding tert-OH is 1. The number of aliphatic hydroxyl groups is 1. The van der Waals surface area contributed by atoms with Gasteiger partial charge in [0, 0.05) is 26.7 Å². The van der Waals surface area contributed by atoms with Crippen LogP contribution in [0.25, 0.3) is 0 Å². The quantitative estimate of drug-likeness (QED) is 0.602. The fourth-order valence-corrected chi connectivity index (χ4v) is 1.60. The van der Waals surface area contributed by atoms with Crippen molar-refractivity contribution in [3.63, 3.8) is 0 Å². The van der Waals surface area contributed by atoms with Crippen molar-refractivity contribution in [1.82, 2.24) is 10.2 Å². The SMILES string of the molecule is COC[C@H](O)CN1CCNC(=O)C1C. The Morgan fingerprint density at radius 3 is 3.14 bits per heavy atom. The molecule has 0 radical (unpaired) electrons. The zero-order valence-electron chi connectivity index (χ0n) is 8.69. The van der Waals surface area contributed by atoms with E-state index in [4.69, 9.17) is 4.74 Å². The lowest BCUT2D eigenvalue weighted by Crippen LogP contribution is -2.55. The summed E-state index contributed by atoms with van der Waals surface area (Å²) < 4.78 is 4.83. The summed E-state index contributed by atoms with van der Waals surface area (Å²) in [5.41, 5.74) is 0. The third-order valence-corrected chi connectivity index (χ3v) is 2.43. The zero-order valence-corrected chi connectivity index (χ0v) is 8.69. The first-order valence-electron chi connectivity index (χ1n) is 4.84. The minimum atomic E-state index is -0.520. The van der Waals surface area contributed by atoms with Crippen molar-refractivity contribution in [2.45, 2.75) is 19.1 Å². The Bertz CT molecular complexity index is 198. The number of rotatable bonds is 4. The van der Waals surface area contributed by atoms with Gasteiger partial charge in [0.25, 0.3) is 0 Å². The van der Waals surface area contributed by atoms with Gasteiger partial charge in [0.1, 0.15) is 0 Å². The largest absolute Gasteiger partial charge is 0.389 e. The van der Waals surface area contributed by atoms with Crippen LogP contribution < -0.4 is 5.32 Å². The van der Waals surface area contributed by atoms with E-state index in [-0.39, 0.29) is 11.9 Å². The summed E-state index contributed by atoms with van der Waals surface area (Å²) in [4.78, 5) is 13.2. The minimum absolute atomic E-state index is 0.0286. The van der Waals surface area contributed by atoms with Crippen LogP contribution in [0.3, 0.4) is 0 Å². The smallest absolute Gasteiger partial charge is 0.237 e. The Morgan fingerprint density at radius 2 is 2.50 bits per heavy atom. The van der Waals surface area contributed by atoms with E-state index in [1.807, 2.05) is 11.8 Å². The zero-order chi connectivity index (χ0) is 10.6. The first kappa shape index (κ1) is 11.4. The lowest BCUT2D eigenvalue weighted by Gasteiger charge is -2.33. The molecule has 0 aliphatic carbocycles. The number of hydrogen-bond donors (Lipinski definition) is 2. The van der Waals surface area contributed by atoms with E-state index in [9.17, 15) is 9.90 Å². The number of carbonyl (C=O) groups is 1. The lowest BCUT2D eigenvalue weighted by molar-refractivity contribution is -0.129. The van der Waals surface area contributed by atoms with Gasteiger partial charge < -0.3 is 15.2 Å². The van der Waals surface area contributed by atoms with Gasteiger partial charge in [0.15, 0.2) is 0 Å². The number of piperazine rings is 1. The Hall–Kier alpha value is -0.650. The van der Waals surface area contributed by atoms with Crippen LogP contribution in [0.2, 0.25) is 0 Å². The van der Waals surface area contributed by atoms with Gasteiger partial charge in [-0.2, -0.15) is 0 Å². The van der Waals surface area contributed by atoms with E-state index in [0.717, 1.165) is 6.54 Å². The summed E-state index contributed by atoms with van der Waals surface area (Å²) in [5.74, 6) is 0.0286. The van der Waals surface area contributed by atoms with Gasteiger partial charge in [-0.3, -0.25) is 9.69 Å². The molecule has 0 aromatic heterocycles. The van der Waals surface area contributed by atoms with Crippen LogP contribution in [0.1, 0.15) is 6.92 Å². The number of carbonyl (C=O) groups excluding carboxylic acids is 1. The van der Waals surface area contributed by atoms with Crippen LogP contribution in [0.4, 0.5) is 0 Å². The highest BCUT2D eigenvalue weighted by Crippen LogP contribution is 2.04. The van der Waals surface area contributed by atoms with E-state index in [2.05, 4.69) is 5.32 Å². The van der Waals surface area contributed by atoms with Gasteiger partial charge in [-0.25, -0.2) is 0 Å². The molecule has 5 nitrogen and oxygen atoms in total. The Labute approximate surface area is 84.0 Å². The van der Waals surface area contributed by atoms with E-state index in [1.54, 1.807) is 7.11 Å². The molecule has 1 heterocycles. The van der Waals surface area contributed by atoms with Crippen LogP contribution >= 0.6 is 0 Å². The van der Waals surface area contributed by atoms with Crippen molar-refractivity contribution in [3.05, 3.63) is 0 Å². The molecule has 0 aromatic carbocycles. The summed E-state index contributed by atoms with van der Waals surface area (Å²) in [6.45, 7) is 4.08. The second kappa shape index (κ2) is 5.29. The average molecular weight is 202 g/mol. The second-order valence-corrected chi connectivity index (χ2v) is 3.57. The monoisotopic (exact) mass is 202 g/mol. The Morgan fingerprint density at radius 1 is 1.79 bits per heavy atom. The van der Waals surface area contributed by atoms with Crippen LogP contribution in [0.15, 0.2) is 0 Å².